The predicted octanol–water partition coefficient (Wildman–Crippen LogP) is 2.59. The summed E-state index contributed by atoms with van der Waals surface area (Å²) >= 11 is 0. The molecule has 0 spiro atoms. The van der Waals surface area contributed by atoms with Crippen LogP contribution in [0.15, 0.2) is 18.2 Å². The largest absolute Gasteiger partial charge is 0.354 e. The fraction of sp³-hybridized carbons (Fsp3) is 0.533. The zero-order valence-corrected chi connectivity index (χ0v) is 13.1. The minimum absolute atomic E-state index is 0. The van der Waals surface area contributed by atoms with E-state index in [-0.39, 0.29) is 24.1 Å². The Balaban J connectivity index is 0.00000361. The second-order valence-corrected chi connectivity index (χ2v) is 5.35. The van der Waals surface area contributed by atoms with Crippen molar-refractivity contribution in [2.24, 2.45) is 11.7 Å². The molecule has 1 atom stereocenters. The van der Waals surface area contributed by atoms with Gasteiger partial charge in [-0.05, 0) is 48.9 Å². The third kappa shape index (κ3) is 6.35. The molecule has 1 aromatic rings. The van der Waals surface area contributed by atoms with Gasteiger partial charge in [0, 0.05) is 6.54 Å². The highest BCUT2D eigenvalue weighted by molar-refractivity contribution is 5.85. The standard InChI is InChI=1S/C15H23FN2O.ClH/c1-10(2)8-14(17)15(19)18-7-6-12-4-5-13(16)9-11(12)3;/h4-5,9-10,14H,6-8,17H2,1-3H3,(H,18,19);1H/t14-;/m0./s1. The number of aryl methyl sites for hydroxylation is 1. The lowest BCUT2D eigenvalue weighted by atomic mass is 10.0. The summed E-state index contributed by atoms with van der Waals surface area (Å²) in [6.07, 6.45) is 1.37. The van der Waals surface area contributed by atoms with E-state index < -0.39 is 6.04 Å². The maximum atomic E-state index is 12.9. The van der Waals surface area contributed by atoms with Gasteiger partial charge in [0.25, 0.3) is 0 Å². The van der Waals surface area contributed by atoms with Crippen molar-refractivity contribution in [2.45, 2.75) is 39.7 Å². The molecule has 3 nitrogen and oxygen atoms in total. The predicted molar refractivity (Wildman–Crippen MR) is 82.5 cm³/mol. The first kappa shape index (κ1) is 18.9. The van der Waals surface area contributed by atoms with Crippen molar-refractivity contribution in [1.82, 2.24) is 5.32 Å². The first-order valence-electron chi connectivity index (χ1n) is 6.68. The van der Waals surface area contributed by atoms with Crippen molar-refractivity contribution >= 4 is 18.3 Å². The zero-order valence-electron chi connectivity index (χ0n) is 12.3. The molecule has 0 fully saturated rings. The van der Waals surface area contributed by atoms with Crippen LogP contribution in [-0.4, -0.2) is 18.5 Å². The number of halogens is 2. The van der Waals surface area contributed by atoms with Gasteiger partial charge in [-0.3, -0.25) is 4.79 Å². The summed E-state index contributed by atoms with van der Waals surface area (Å²) < 4.78 is 12.9. The summed E-state index contributed by atoms with van der Waals surface area (Å²) in [6, 6.07) is 4.25. The van der Waals surface area contributed by atoms with Crippen LogP contribution in [0.25, 0.3) is 0 Å². The Morgan fingerprint density at radius 3 is 2.60 bits per heavy atom. The number of nitrogens with one attached hydrogen (secondary N) is 1. The van der Waals surface area contributed by atoms with Crippen LogP contribution in [0.5, 0.6) is 0 Å². The van der Waals surface area contributed by atoms with Crippen LogP contribution in [0, 0.1) is 18.7 Å². The molecule has 1 rings (SSSR count). The molecule has 0 saturated carbocycles. The lowest BCUT2D eigenvalue weighted by Crippen LogP contribution is -2.42. The molecular formula is C15H24ClFN2O. The molecule has 1 aromatic carbocycles. The van der Waals surface area contributed by atoms with Crippen LogP contribution in [0.2, 0.25) is 0 Å². The molecule has 0 aromatic heterocycles. The normalized spacial score (nSPS) is 11.9. The average Bonchev–Trinajstić information content (AvgIpc) is 2.30. The Morgan fingerprint density at radius 1 is 1.40 bits per heavy atom. The fourth-order valence-electron chi connectivity index (χ4n) is 2.01. The maximum Gasteiger partial charge on any atom is 0.236 e. The van der Waals surface area contributed by atoms with Crippen LogP contribution in [0.1, 0.15) is 31.4 Å². The van der Waals surface area contributed by atoms with Gasteiger partial charge < -0.3 is 11.1 Å². The number of hydrogen-bond donors (Lipinski definition) is 2. The molecule has 0 aliphatic carbocycles. The van der Waals surface area contributed by atoms with Gasteiger partial charge in [0.05, 0.1) is 6.04 Å². The smallest absolute Gasteiger partial charge is 0.236 e. The lowest BCUT2D eigenvalue weighted by Gasteiger charge is -2.14. The van der Waals surface area contributed by atoms with E-state index in [9.17, 15) is 9.18 Å². The lowest BCUT2D eigenvalue weighted by molar-refractivity contribution is -0.122. The topological polar surface area (TPSA) is 55.1 Å². The number of hydrogen-bond acceptors (Lipinski definition) is 2. The minimum atomic E-state index is -0.450. The molecule has 20 heavy (non-hydrogen) atoms. The Hall–Kier alpha value is -1.13. The van der Waals surface area contributed by atoms with E-state index in [2.05, 4.69) is 5.32 Å². The molecule has 3 N–H and O–H groups in total. The number of rotatable bonds is 6. The molecule has 114 valence electrons. The van der Waals surface area contributed by atoms with E-state index in [1.807, 2.05) is 20.8 Å². The third-order valence-electron chi connectivity index (χ3n) is 3.06. The molecule has 5 heteroatoms. The summed E-state index contributed by atoms with van der Waals surface area (Å²) in [5, 5.41) is 2.82. The summed E-state index contributed by atoms with van der Waals surface area (Å²) in [4.78, 5) is 11.7. The van der Waals surface area contributed by atoms with E-state index in [4.69, 9.17) is 5.73 Å². The second-order valence-electron chi connectivity index (χ2n) is 5.35. The Bertz CT molecular complexity index is 438. The Labute approximate surface area is 126 Å². The SMILES string of the molecule is Cc1cc(F)ccc1CCNC(=O)[C@@H](N)CC(C)C.Cl. The third-order valence-corrected chi connectivity index (χ3v) is 3.06. The van der Waals surface area contributed by atoms with E-state index in [0.29, 0.717) is 25.3 Å². The number of carbonyl (C=O) groups is 1. The van der Waals surface area contributed by atoms with E-state index in [0.717, 1.165) is 11.1 Å². The summed E-state index contributed by atoms with van der Waals surface area (Å²) in [5.74, 6) is 0.0535. The first-order chi connectivity index (χ1) is 8.90. The van der Waals surface area contributed by atoms with Gasteiger partial charge in [-0.15, -0.1) is 12.4 Å². The number of carbonyl (C=O) groups excluding carboxylic acids is 1. The molecule has 0 aliphatic rings. The monoisotopic (exact) mass is 302 g/mol. The van der Waals surface area contributed by atoms with E-state index >= 15 is 0 Å². The van der Waals surface area contributed by atoms with Gasteiger partial charge in [0.1, 0.15) is 5.82 Å². The van der Waals surface area contributed by atoms with Crippen molar-refractivity contribution < 1.29 is 9.18 Å². The summed E-state index contributed by atoms with van der Waals surface area (Å²) in [6.45, 7) is 6.46. The van der Waals surface area contributed by atoms with Gasteiger partial charge in [0.15, 0.2) is 0 Å². The average molecular weight is 303 g/mol. The molecule has 0 aliphatic heterocycles. The Kier molecular flexibility index (Phi) is 8.42. The van der Waals surface area contributed by atoms with Crippen molar-refractivity contribution in [2.75, 3.05) is 6.54 Å². The molecule has 0 bridgehead atoms. The van der Waals surface area contributed by atoms with Crippen molar-refractivity contribution in [3.05, 3.63) is 35.1 Å². The quantitative estimate of drug-likeness (QED) is 0.848. The van der Waals surface area contributed by atoms with Crippen molar-refractivity contribution in [3.8, 4) is 0 Å². The number of amides is 1. The fourth-order valence-corrected chi connectivity index (χ4v) is 2.01. The molecule has 0 unspecified atom stereocenters. The number of nitrogens with two attached hydrogens (primary N) is 1. The number of benzene rings is 1. The first-order valence-corrected chi connectivity index (χ1v) is 6.68. The summed E-state index contributed by atoms with van der Waals surface area (Å²) in [7, 11) is 0. The van der Waals surface area contributed by atoms with Gasteiger partial charge >= 0.3 is 0 Å². The van der Waals surface area contributed by atoms with Crippen LogP contribution < -0.4 is 11.1 Å². The highest BCUT2D eigenvalue weighted by Crippen LogP contribution is 2.10. The zero-order chi connectivity index (χ0) is 14.4. The van der Waals surface area contributed by atoms with Crippen molar-refractivity contribution in [1.29, 1.82) is 0 Å². The summed E-state index contributed by atoms with van der Waals surface area (Å²) in [5.41, 5.74) is 7.73. The Morgan fingerprint density at radius 2 is 2.05 bits per heavy atom. The molecule has 0 radical (unpaired) electrons. The van der Waals surface area contributed by atoms with Crippen molar-refractivity contribution in [3.63, 3.8) is 0 Å². The maximum absolute atomic E-state index is 12.9. The van der Waals surface area contributed by atoms with Crippen LogP contribution in [0.4, 0.5) is 4.39 Å². The van der Waals surface area contributed by atoms with Gasteiger partial charge in [-0.1, -0.05) is 19.9 Å². The molecular weight excluding hydrogens is 279 g/mol. The highest BCUT2D eigenvalue weighted by Gasteiger charge is 2.14. The second kappa shape index (κ2) is 8.93. The molecule has 1 amide bonds. The molecule has 0 heterocycles. The van der Waals surface area contributed by atoms with Gasteiger partial charge in [-0.2, -0.15) is 0 Å². The molecule has 0 saturated heterocycles. The minimum Gasteiger partial charge on any atom is -0.354 e. The van der Waals surface area contributed by atoms with E-state index in [1.54, 1.807) is 6.07 Å². The van der Waals surface area contributed by atoms with Gasteiger partial charge in [0.2, 0.25) is 5.91 Å². The van der Waals surface area contributed by atoms with E-state index in [1.165, 1.54) is 12.1 Å². The highest BCUT2D eigenvalue weighted by atomic mass is 35.5. The van der Waals surface area contributed by atoms with Crippen LogP contribution >= 0.6 is 12.4 Å². The van der Waals surface area contributed by atoms with Crippen LogP contribution in [-0.2, 0) is 11.2 Å². The van der Waals surface area contributed by atoms with Crippen LogP contribution in [0.3, 0.4) is 0 Å². The van der Waals surface area contributed by atoms with Gasteiger partial charge in [-0.25, -0.2) is 4.39 Å².